The lowest BCUT2D eigenvalue weighted by atomic mass is 10.1. The van der Waals surface area contributed by atoms with E-state index >= 15 is 0 Å². The Labute approximate surface area is 102 Å². The first-order chi connectivity index (χ1) is 8.25. The van der Waals surface area contributed by atoms with E-state index in [9.17, 15) is 0 Å². The van der Waals surface area contributed by atoms with Crippen LogP contribution < -0.4 is 11.1 Å². The Bertz CT molecular complexity index is 480. The third-order valence-corrected chi connectivity index (χ3v) is 2.74. The van der Waals surface area contributed by atoms with Crippen LogP contribution in [0, 0.1) is 6.92 Å². The quantitative estimate of drug-likeness (QED) is 0.789. The zero-order valence-corrected chi connectivity index (χ0v) is 9.98. The van der Waals surface area contributed by atoms with Crippen LogP contribution in [0.3, 0.4) is 0 Å². The van der Waals surface area contributed by atoms with Crippen LogP contribution in [-0.2, 0) is 6.42 Å². The summed E-state index contributed by atoms with van der Waals surface area (Å²) in [5, 5.41) is 3.38. The molecule has 0 saturated carbocycles. The molecule has 2 rings (SSSR count). The molecule has 88 valence electrons. The number of hydrogen-bond donors (Lipinski definition) is 2. The van der Waals surface area contributed by atoms with Crippen molar-refractivity contribution in [3.63, 3.8) is 0 Å². The largest absolute Gasteiger partial charge is 0.399 e. The van der Waals surface area contributed by atoms with E-state index in [1.165, 1.54) is 5.56 Å². The van der Waals surface area contributed by atoms with E-state index in [4.69, 9.17) is 5.73 Å². The number of nitrogen functional groups attached to an aromatic ring is 1. The van der Waals surface area contributed by atoms with Crippen molar-refractivity contribution in [1.82, 2.24) is 4.98 Å². The summed E-state index contributed by atoms with van der Waals surface area (Å²) in [4.78, 5) is 4.09. The molecule has 17 heavy (non-hydrogen) atoms. The van der Waals surface area contributed by atoms with Crippen LogP contribution >= 0.6 is 0 Å². The molecular weight excluding hydrogens is 210 g/mol. The Kier molecular flexibility index (Phi) is 3.60. The third kappa shape index (κ3) is 3.21. The zero-order valence-electron chi connectivity index (χ0n) is 9.98. The molecule has 1 aromatic heterocycles. The lowest BCUT2D eigenvalue weighted by Gasteiger charge is -2.08. The van der Waals surface area contributed by atoms with Gasteiger partial charge >= 0.3 is 0 Å². The molecule has 1 aromatic carbocycles. The lowest BCUT2D eigenvalue weighted by Crippen LogP contribution is -2.05. The average Bonchev–Trinajstić information content (AvgIpc) is 2.35. The molecule has 1 heterocycles. The molecule has 3 nitrogen and oxygen atoms in total. The summed E-state index contributed by atoms with van der Waals surface area (Å²) in [6.45, 7) is 2.91. The van der Waals surface area contributed by atoms with Gasteiger partial charge in [0.2, 0.25) is 0 Å². The molecule has 3 N–H and O–H groups in total. The zero-order chi connectivity index (χ0) is 12.1. The summed E-state index contributed by atoms with van der Waals surface area (Å²) in [5.74, 6) is 0. The Morgan fingerprint density at radius 2 is 2.18 bits per heavy atom. The van der Waals surface area contributed by atoms with Crippen molar-refractivity contribution in [3.05, 3.63) is 53.9 Å². The number of benzene rings is 1. The molecule has 0 radical (unpaired) electrons. The van der Waals surface area contributed by atoms with Crippen LogP contribution in [0.2, 0.25) is 0 Å². The van der Waals surface area contributed by atoms with E-state index in [2.05, 4.69) is 22.4 Å². The molecule has 3 heteroatoms. The van der Waals surface area contributed by atoms with E-state index in [1.54, 1.807) is 6.20 Å². The summed E-state index contributed by atoms with van der Waals surface area (Å²) in [6.07, 6.45) is 4.66. The van der Waals surface area contributed by atoms with Gasteiger partial charge in [0, 0.05) is 30.3 Å². The van der Waals surface area contributed by atoms with Crippen LogP contribution in [0.15, 0.2) is 42.7 Å². The fourth-order valence-corrected chi connectivity index (χ4v) is 1.68. The molecule has 0 aliphatic heterocycles. The molecule has 0 spiro atoms. The van der Waals surface area contributed by atoms with Gasteiger partial charge in [-0.25, -0.2) is 0 Å². The summed E-state index contributed by atoms with van der Waals surface area (Å²) in [7, 11) is 0. The summed E-state index contributed by atoms with van der Waals surface area (Å²) in [6, 6.07) is 10.1. The highest BCUT2D eigenvalue weighted by Crippen LogP contribution is 2.16. The number of anilines is 2. The van der Waals surface area contributed by atoms with E-state index in [1.807, 2.05) is 31.3 Å². The molecule has 0 amide bonds. The van der Waals surface area contributed by atoms with Gasteiger partial charge in [-0.15, -0.1) is 0 Å². The highest BCUT2D eigenvalue weighted by molar-refractivity contribution is 5.56. The first-order valence-corrected chi connectivity index (χ1v) is 5.74. The van der Waals surface area contributed by atoms with Crippen molar-refractivity contribution in [1.29, 1.82) is 0 Å². The number of hydrogen-bond acceptors (Lipinski definition) is 3. The maximum Gasteiger partial charge on any atom is 0.0345 e. The molecule has 0 unspecified atom stereocenters. The number of nitrogens with one attached hydrogen (secondary N) is 1. The molecule has 0 saturated heterocycles. The topological polar surface area (TPSA) is 50.9 Å². The van der Waals surface area contributed by atoms with Gasteiger partial charge in [-0.05, 0) is 48.7 Å². The number of aromatic nitrogens is 1. The Hall–Kier alpha value is -2.03. The van der Waals surface area contributed by atoms with Crippen LogP contribution in [0.1, 0.15) is 11.1 Å². The van der Waals surface area contributed by atoms with Gasteiger partial charge in [0.15, 0.2) is 0 Å². The van der Waals surface area contributed by atoms with E-state index in [-0.39, 0.29) is 0 Å². The van der Waals surface area contributed by atoms with E-state index < -0.39 is 0 Å². The number of rotatable bonds is 4. The fraction of sp³-hybridized carbons (Fsp3) is 0.214. The Balaban J connectivity index is 1.88. The van der Waals surface area contributed by atoms with Crippen molar-refractivity contribution in [2.24, 2.45) is 0 Å². The normalized spacial score (nSPS) is 10.2. The second kappa shape index (κ2) is 5.34. The minimum absolute atomic E-state index is 0.836. The molecule has 0 aliphatic rings. The van der Waals surface area contributed by atoms with Gasteiger partial charge in [-0.3, -0.25) is 4.98 Å². The lowest BCUT2D eigenvalue weighted by molar-refractivity contribution is 1.00. The smallest absolute Gasteiger partial charge is 0.0345 e. The number of nitrogens with two attached hydrogens (primary N) is 1. The summed E-state index contributed by atoms with van der Waals surface area (Å²) >= 11 is 0. The predicted octanol–water partition coefficient (Wildman–Crippen LogP) is 2.63. The van der Waals surface area contributed by atoms with Crippen LogP contribution in [-0.4, -0.2) is 11.5 Å². The monoisotopic (exact) mass is 227 g/mol. The number of pyridine rings is 1. The van der Waals surface area contributed by atoms with Gasteiger partial charge in [0.05, 0.1) is 0 Å². The second-order valence-electron chi connectivity index (χ2n) is 4.11. The highest BCUT2D eigenvalue weighted by atomic mass is 14.9. The van der Waals surface area contributed by atoms with Crippen LogP contribution in [0.25, 0.3) is 0 Å². The number of nitrogens with zero attached hydrogens (tertiary/aromatic N) is 1. The van der Waals surface area contributed by atoms with Gasteiger partial charge in [0.1, 0.15) is 0 Å². The standard InChI is InChI=1S/C14H17N3/c1-11-9-13(4-5-14(11)15)17-8-6-12-3-2-7-16-10-12/h2-5,7,9-10,17H,6,8,15H2,1H3. The van der Waals surface area contributed by atoms with Gasteiger partial charge < -0.3 is 11.1 Å². The van der Waals surface area contributed by atoms with Gasteiger partial charge in [-0.2, -0.15) is 0 Å². The second-order valence-corrected chi connectivity index (χ2v) is 4.11. The average molecular weight is 227 g/mol. The third-order valence-electron chi connectivity index (χ3n) is 2.74. The summed E-state index contributed by atoms with van der Waals surface area (Å²) in [5.41, 5.74) is 10.1. The SMILES string of the molecule is Cc1cc(NCCc2cccnc2)ccc1N. The Morgan fingerprint density at radius 3 is 2.88 bits per heavy atom. The van der Waals surface area contributed by atoms with Crippen molar-refractivity contribution in [2.45, 2.75) is 13.3 Å². The fourth-order valence-electron chi connectivity index (χ4n) is 1.68. The predicted molar refractivity (Wildman–Crippen MR) is 72.0 cm³/mol. The Morgan fingerprint density at radius 1 is 1.29 bits per heavy atom. The molecule has 2 aromatic rings. The minimum atomic E-state index is 0.836. The van der Waals surface area contributed by atoms with Gasteiger partial charge in [-0.1, -0.05) is 6.07 Å². The highest BCUT2D eigenvalue weighted by Gasteiger charge is 1.96. The van der Waals surface area contributed by atoms with Crippen molar-refractivity contribution >= 4 is 11.4 Å². The van der Waals surface area contributed by atoms with E-state index in [0.717, 1.165) is 29.9 Å². The molecule has 0 fully saturated rings. The van der Waals surface area contributed by atoms with Crippen molar-refractivity contribution in [2.75, 3.05) is 17.6 Å². The first kappa shape index (κ1) is 11.5. The molecule has 0 aliphatic carbocycles. The number of aryl methyl sites for hydroxylation is 1. The van der Waals surface area contributed by atoms with Crippen LogP contribution in [0.5, 0.6) is 0 Å². The molecular formula is C14H17N3. The maximum absolute atomic E-state index is 5.77. The van der Waals surface area contributed by atoms with Gasteiger partial charge in [0.25, 0.3) is 0 Å². The first-order valence-electron chi connectivity index (χ1n) is 5.74. The molecule has 0 atom stereocenters. The van der Waals surface area contributed by atoms with E-state index in [0.29, 0.717) is 0 Å². The van der Waals surface area contributed by atoms with Crippen molar-refractivity contribution in [3.8, 4) is 0 Å². The summed E-state index contributed by atoms with van der Waals surface area (Å²) < 4.78 is 0. The molecule has 0 bridgehead atoms. The van der Waals surface area contributed by atoms with Crippen LogP contribution in [0.4, 0.5) is 11.4 Å². The maximum atomic E-state index is 5.77. The minimum Gasteiger partial charge on any atom is -0.399 e. The van der Waals surface area contributed by atoms with Crippen molar-refractivity contribution < 1.29 is 0 Å².